The van der Waals surface area contributed by atoms with Gasteiger partial charge in [-0.25, -0.2) is 18.6 Å². The Morgan fingerprint density at radius 3 is 1.80 bits per heavy atom. The highest BCUT2D eigenvalue weighted by molar-refractivity contribution is 8.01. The molecule has 0 amide bonds. The molecule has 1 fully saturated rings. The largest absolute Gasteiger partial charge is 0.497 e. The molecule has 2 aliphatic rings. The summed E-state index contributed by atoms with van der Waals surface area (Å²) in [4.78, 5) is 20.8. The summed E-state index contributed by atoms with van der Waals surface area (Å²) in [6.07, 6.45) is 1.06. The summed E-state index contributed by atoms with van der Waals surface area (Å²) < 4.78 is 48.4. The zero-order chi connectivity index (χ0) is 35.6. The Hall–Kier alpha value is -4.80. The van der Waals surface area contributed by atoms with Crippen LogP contribution in [-0.4, -0.2) is 29.8 Å². The Morgan fingerprint density at radius 1 is 0.725 bits per heavy atom. The van der Waals surface area contributed by atoms with Crippen LogP contribution in [0.1, 0.15) is 18.0 Å². The molecule has 6 aromatic rings. The van der Waals surface area contributed by atoms with E-state index in [1.54, 1.807) is 13.2 Å². The molecule has 0 aliphatic carbocycles. The first kappa shape index (κ1) is 34.6. The number of anilines is 1. The zero-order valence-corrected chi connectivity index (χ0v) is 29.4. The van der Waals surface area contributed by atoms with Gasteiger partial charge in [0.1, 0.15) is 21.7 Å². The quantitative estimate of drug-likeness (QED) is 0.220. The minimum atomic E-state index is -4.94. The van der Waals surface area contributed by atoms with Crippen LogP contribution in [0, 0.1) is 16.2 Å². The maximum Gasteiger partial charge on any atom is 0.262 e. The van der Waals surface area contributed by atoms with Gasteiger partial charge in [0.25, 0.3) is 16.9 Å². The van der Waals surface area contributed by atoms with Crippen molar-refractivity contribution in [2.75, 3.05) is 25.1 Å². The molecule has 8 rings (SSSR count). The van der Waals surface area contributed by atoms with Crippen LogP contribution in [0.5, 0.6) is 5.75 Å². The lowest BCUT2D eigenvalue weighted by atomic mass is 9.83. The van der Waals surface area contributed by atoms with E-state index in [1.807, 2.05) is 34.9 Å². The van der Waals surface area contributed by atoms with Crippen molar-refractivity contribution in [1.82, 2.24) is 9.55 Å². The fourth-order valence-electron chi connectivity index (χ4n) is 7.42. The second kappa shape index (κ2) is 14.4. The van der Waals surface area contributed by atoms with Gasteiger partial charge in [0.05, 0.1) is 7.11 Å². The highest BCUT2D eigenvalue weighted by Crippen LogP contribution is 2.56. The molecule has 2 aliphatic heterocycles. The first-order valence-corrected chi connectivity index (χ1v) is 19.5. The van der Waals surface area contributed by atoms with E-state index >= 15 is 0 Å². The van der Waals surface area contributed by atoms with E-state index in [-0.39, 0.29) is 11.5 Å². The number of methoxy groups -OCH3 is 1. The van der Waals surface area contributed by atoms with Gasteiger partial charge in [-0.3, -0.25) is 4.79 Å². The minimum Gasteiger partial charge on any atom is -0.497 e. The normalized spacial score (nSPS) is 16.8. The Morgan fingerprint density at radius 2 is 1.27 bits per heavy atom. The molecule has 2 bridgehead atoms. The summed E-state index contributed by atoms with van der Waals surface area (Å²) in [5.41, 5.74) is 3.06. The van der Waals surface area contributed by atoms with Crippen LogP contribution < -0.4 is 55.2 Å². The van der Waals surface area contributed by atoms with Crippen molar-refractivity contribution >= 4 is 34.5 Å². The number of rotatable bonds is 7. The van der Waals surface area contributed by atoms with Gasteiger partial charge in [-0.1, -0.05) is 60.7 Å². The highest BCUT2D eigenvalue weighted by atomic mass is 35.7. The van der Waals surface area contributed by atoms with E-state index in [4.69, 9.17) is 32.8 Å². The predicted molar refractivity (Wildman–Crippen MR) is 187 cm³/mol. The molecule has 0 spiro atoms. The molecule has 2 aromatic heterocycles. The maximum absolute atomic E-state index is 12.8. The van der Waals surface area contributed by atoms with E-state index in [1.165, 1.54) is 15.9 Å². The molecule has 10 nitrogen and oxygen atoms in total. The van der Waals surface area contributed by atoms with Gasteiger partial charge in [0.15, 0.2) is 7.26 Å². The molecule has 2 unspecified atom stereocenters. The Balaban J connectivity index is 0.000000761. The number of ether oxygens (including phenoxy) is 1. The Kier molecular flexibility index (Phi) is 9.81. The van der Waals surface area contributed by atoms with Crippen molar-refractivity contribution in [3.8, 4) is 17.2 Å². The molecule has 0 radical (unpaired) electrons. The third-order valence-electron chi connectivity index (χ3n) is 9.44. The van der Waals surface area contributed by atoms with Gasteiger partial charge in [-0.05, 0) is 79.1 Å². The number of hydrogen-bond donors (Lipinski definition) is 0. The van der Waals surface area contributed by atoms with Gasteiger partial charge < -0.3 is 18.6 Å². The molecule has 0 saturated carbocycles. The van der Waals surface area contributed by atoms with Gasteiger partial charge in [0, 0.05) is 42.9 Å². The van der Waals surface area contributed by atoms with Crippen LogP contribution in [0.15, 0.2) is 143 Å². The van der Waals surface area contributed by atoms with Crippen LogP contribution in [0.2, 0.25) is 0 Å². The molecule has 260 valence electrons. The number of pyridine rings is 1. The number of piperidine rings is 1. The Labute approximate surface area is 297 Å². The summed E-state index contributed by atoms with van der Waals surface area (Å²) in [6.45, 7) is 2.26. The minimum absolute atomic E-state index is 0.0879. The number of halogens is 1. The Bertz CT molecular complexity index is 2040. The van der Waals surface area contributed by atoms with Crippen molar-refractivity contribution < 1.29 is 38.0 Å². The first-order chi connectivity index (χ1) is 24.6. The number of fused-ring (bicyclic) bond motifs is 4. The monoisotopic (exact) mass is 723 g/mol. The van der Waals surface area contributed by atoms with Crippen molar-refractivity contribution in [2.24, 2.45) is 5.92 Å². The molecule has 1 saturated heterocycles. The molecular weight excluding hydrogens is 689 g/mol. The van der Waals surface area contributed by atoms with Crippen molar-refractivity contribution in [1.29, 1.82) is 0 Å². The number of benzene rings is 4. The van der Waals surface area contributed by atoms with E-state index in [2.05, 4.69) is 102 Å². The summed E-state index contributed by atoms with van der Waals surface area (Å²) in [7, 11) is -5.82. The SMILES string of the molecule is COc1ccc(-c2nc([P+](c3ccccc3)(c3ccccc3)c3ccccc3)c(N3CC4CC(C3)c3cccc(=O)n3C4)o2)cc1.[O-][Cl+3]([O-])([O-])[O-]. The van der Waals surface area contributed by atoms with E-state index in [0.717, 1.165) is 47.8 Å². The van der Waals surface area contributed by atoms with Gasteiger partial charge in [0.2, 0.25) is 5.89 Å². The smallest absolute Gasteiger partial charge is 0.262 e. The number of nitrogens with zero attached hydrogens (tertiary/aromatic N) is 3. The van der Waals surface area contributed by atoms with Crippen LogP contribution in [0.4, 0.5) is 5.88 Å². The maximum atomic E-state index is 12.8. The van der Waals surface area contributed by atoms with Crippen LogP contribution in [0.25, 0.3) is 11.5 Å². The highest BCUT2D eigenvalue weighted by Gasteiger charge is 2.54. The van der Waals surface area contributed by atoms with Crippen molar-refractivity contribution in [3.05, 3.63) is 150 Å². The topological polar surface area (TPSA) is 153 Å². The lowest BCUT2D eigenvalue weighted by Crippen LogP contribution is -2.68. The van der Waals surface area contributed by atoms with Crippen molar-refractivity contribution in [2.45, 2.75) is 18.9 Å². The second-order valence-electron chi connectivity index (χ2n) is 12.5. The average Bonchev–Trinajstić information content (AvgIpc) is 3.59. The third kappa shape index (κ3) is 7.07. The molecular formula is C39H35ClN3O7P. The summed E-state index contributed by atoms with van der Waals surface area (Å²) >= 11 is 0. The van der Waals surface area contributed by atoms with E-state index < -0.39 is 17.5 Å². The fraction of sp³-hybridized carbons (Fsp3) is 0.179. The van der Waals surface area contributed by atoms with E-state index in [0.29, 0.717) is 18.4 Å². The van der Waals surface area contributed by atoms with Crippen LogP contribution >= 0.6 is 7.26 Å². The standard InChI is InChI=1S/C39H35N3O3P.ClHO4/c1-44-31-22-20-29(21-23-31)37-40-38(39(45-37)41-25-28-24-30(27-41)35-18-11-19-36(43)42(35)26-28)46(32-12-5-2-6-13-32,33-14-7-3-8-15-33)34-16-9-4-10-17-34;2-1(3,4)5/h2-23,28,30H,24-27H2,1H3;(H,2,3,4,5)/q+1;/p-1. The molecule has 51 heavy (non-hydrogen) atoms. The summed E-state index contributed by atoms with van der Waals surface area (Å²) in [5, 5.41) is 3.66. The molecule has 4 aromatic carbocycles. The predicted octanol–water partition coefficient (Wildman–Crippen LogP) is 0.999. The van der Waals surface area contributed by atoms with Gasteiger partial charge in [-0.15, -0.1) is 10.2 Å². The van der Waals surface area contributed by atoms with E-state index in [9.17, 15) is 4.79 Å². The molecule has 12 heteroatoms. The summed E-state index contributed by atoms with van der Waals surface area (Å²) in [6, 6.07) is 46.1. The van der Waals surface area contributed by atoms with Crippen molar-refractivity contribution in [3.63, 3.8) is 0 Å². The number of oxazole rings is 1. The fourth-order valence-corrected chi connectivity index (χ4v) is 11.6. The van der Waals surface area contributed by atoms with Gasteiger partial charge in [-0.2, -0.15) is 4.98 Å². The second-order valence-corrected chi connectivity index (χ2v) is 16.6. The number of aromatic nitrogens is 2. The average molecular weight is 724 g/mol. The molecule has 0 N–H and O–H groups in total. The molecule has 2 atom stereocenters. The first-order valence-electron chi connectivity index (χ1n) is 16.4. The zero-order valence-electron chi connectivity index (χ0n) is 27.7. The number of hydrogen-bond acceptors (Lipinski definition) is 9. The van der Waals surface area contributed by atoms with Crippen LogP contribution in [0.3, 0.4) is 0 Å². The lowest BCUT2D eigenvalue weighted by Gasteiger charge is -2.42. The van der Waals surface area contributed by atoms with Crippen LogP contribution in [-0.2, 0) is 6.54 Å². The van der Waals surface area contributed by atoms with Gasteiger partial charge >= 0.3 is 0 Å². The summed E-state index contributed by atoms with van der Waals surface area (Å²) in [5.74, 6) is 2.74. The lowest BCUT2D eigenvalue weighted by molar-refractivity contribution is -2.00. The third-order valence-corrected chi connectivity index (χ3v) is 13.6. The molecule has 4 heterocycles.